The number of carbonyl (C=O) groups excluding carboxylic acids is 2. The summed E-state index contributed by atoms with van der Waals surface area (Å²) in [5.41, 5.74) is -1.24. The van der Waals surface area contributed by atoms with Gasteiger partial charge in [-0.2, -0.15) is 13.2 Å². The predicted molar refractivity (Wildman–Crippen MR) is 102 cm³/mol. The quantitative estimate of drug-likeness (QED) is 0.482. The van der Waals surface area contributed by atoms with Crippen LogP contribution in [0.4, 0.5) is 18.0 Å². The molecule has 0 aromatic heterocycles. The zero-order chi connectivity index (χ0) is 22.0. The minimum atomic E-state index is -4.68. The number of benzene rings is 1. The number of hydrogen-bond donors (Lipinski definition) is 0. The highest BCUT2D eigenvalue weighted by Gasteiger charge is 2.36. The molecule has 0 saturated carbocycles. The fourth-order valence-corrected chi connectivity index (χ4v) is 3.18. The molecule has 1 aromatic rings. The van der Waals surface area contributed by atoms with Crippen LogP contribution in [0.3, 0.4) is 0 Å². The van der Waals surface area contributed by atoms with E-state index in [9.17, 15) is 22.8 Å². The summed E-state index contributed by atoms with van der Waals surface area (Å²) in [6.07, 6.45) is -3.08. The summed E-state index contributed by atoms with van der Waals surface area (Å²) in [4.78, 5) is 25.2. The predicted octanol–water partition coefficient (Wildman–Crippen LogP) is 5.26. The second-order valence-electron chi connectivity index (χ2n) is 7.69. The van der Waals surface area contributed by atoms with Gasteiger partial charge in [-0.3, -0.25) is 0 Å². The number of carbonyl (C=O) groups is 2. The summed E-state index contributed by atoms with van der Waals surface area (Å²) in [6.45, 7) is 5.85. The molecule has 5 nitrogen and oxygen atoms in total. The fraction of sp³-hybridized carbons (Fsp3) is 0.500. The molecule has 0 saturated heterocycles. The fourth-order valence-electron chi connectivity index (χ4n) is 2.90. The van der Waals surface area contributed by atoms with E-state index in [0.29, 0.717) is 13.0 Å². The molecule has 0 spiro atoms. The van der Waals surface area contributed by atoms with Gasteiger partial charge in [-0.05, 0) is 51.3 Å². The zero-order valence-corrected chi connectivity index (χ0v) is 17.4. The van der Waals surface area contributed by atoms with Crippen molar-refractivity contribution in [1.29, 1.82) is 0 Å². The Bertz CT molecular complexity index is 828. The molecule has 1 amide bonds. The molecule has 1 aromatic carbocycles. The average molecular weight is 434 g/mol. The van der Waals surface area contributed by atoms with Gasteiger partial charge in [0, 0.05) is 18.1 Å². The van der Waals surface area contributed by atoms with Crippen molar-refractivity contribution in [3.05, 3.63) is 45.5 Å². The standard InChI is InChI=1S/C20H23ClF3NO4/c1-19(2,3)29-18(27)25-7-5-12(6-8-25)9-14-15(20(22,23)24)10-13(11-16(14)21)17(26)28-4/h5,10-11H,6-9H2,1-4H3. The summed E-state index contributed by atoms with van der Waals surface area (Å²) in [7, 11) is 1.08. The van der Waals surface area contributed by atoms with Gasteiger partial charge < -0.3 is 14.4 Å². The lowest BCUT2D eigenvalue weighted by molar-refractivity contribution is -0.138. The Hall–Kier alpha value is -2.22. The molecule has 0 bridgehead atoms. The van der Waals surface area contributed by atoms with E-state index >= 15 is 0 Å². The van der Waals surface area contributed by atoms with Crippen molar-refractivity contribution in [3.63, 3.8) is 0 Å². The lowest BCUT2D eigenvalue weighted by Crippen LogP contribution is -2.39. The van der Waals surface area contributed by atoms with E-state index in [2.05, 4.69) is 4.74 Å². The lowest BCUT2D eigenvalue weighted by Gasteiger charge is -2.30. The van der Waals surface area contributed by atoms with Crippen LogP contribution in [0.25, 0.3) is 0 Å². The Balaban J connectivity index is 2.24. The number of esters is 1. The Morgan fingerprint density at radius 3 is 2.34 bits per heavy atom. The monoisotopic (exact) mass is 433 g/mol. The number of halogens is 4. The largest absolute Gasteiger partial charge is 0.465 e. The van der Waals surface area contributed by atoms with Gasteiger partial charge in [0.25, 0.3) is 0 Å². The van der Waals surface area contributed by atoms with Crippen molar-refractivity contribution in [2.45, 2.75) is 45.4 Å². The van der Waals surface area contributed by atoms with Gasteiger partial charge >= 0.3 is 18.2 Å². The van der Waals surface area contributed by atoms with Gasteiger partial charge in [0.2, 0.25) is 0 Å². The van der Waals surface area contributed by atoms with E-state index in [1.54, 1.807) is 26.8 Å². The third-order valence-corrected chi connectivity index (χ3v) is 4.62. The van der Waals surface area contributed by atoms with Gasteiger partial charge in [-0.25, -0.2) is 9.59 Å². The molecule has 1 heterocycles. The number of rotatable bonds is 3. The van der Waals surface area contributed by atoms with Crippen molar-refractivity contribution >= 4 is 23.7 Å². The van der Waals surface area contributed by atoms with Crippen LogP contribution in [0.2, 0.25) is 5.02 Å². The maximum absolute atomic E-state index is 13.6. The van der Waals surface area contributed by atoms with Crippen molar-refractivity contribution in [2.24, 2.45) is 0 Å². The van der Waals surface area contributed by atoms with Crippen LogP contribution in [0, 0.1) is 0 Å². The second kappa shape index (κ2) is 8.65. The number of alkyl halides is 3. The van der Waals surface area contributed by atoms with Gasteiger partial charge in [0.05, 0.1) is 18.2 Å². The van der Waals surface area contributed by atoms with E-state index in [1.807, 2.05) is 0 Å². The minimum absolute atomic E-state index is 0.0305. The molecule has 0 fully saturated rings. The van der Waals surface area contributed by atoms with Gasteiger partial charge in [0.15, 0.2) is 0 Å². The molecule has 0 atom stereocenters. The van der Waals surface area contributed by atoms with E-state index in [-0.39, 0.29) is 29.1 Å². The van der Waals surface area contributed by atoms with Crippen molar-refractivity contribution in [3.8, 4) is 0 Å². The number of ether oxygens (including phenoxy) is 2. The Labute approximate surface area is 172 Å². The highest BCUT2D eigenvalue weighted by Crippen LogP contribution is 2.38. The van der Waals surface area contributed by atoms with Crippen LogP contribution >= 0.6 is 11.6 Å². The van der Waals surface area contributed by atoms with Crippen LogP contribution in [0.5, 0.6) is 0 Å². The zero-order valence-electron chi connectivity index (χ0n) is 16.7. The molecule has 9 heteroatoms. The Kier molecular flexibility index (Phi) is 6.88. The molecular weight excluding hydrogens is 411 g/mol. The van der Waals surface area contributed by atoms with Crippen LogP contribution in [0.1, 0.15) is 48.7 Å². The number of methoxy groups -OCH3 is 1. The molecule has 0 unspecified atom stereocenters. The minimum Gasteiger partial charge on any atom is -0.465 e. The summed E-state index contributed by atoms with van der Waals surface area (Å²) >= 11 is 6.09. The average Bonchev–Trinajstić information content (AvgIpc) is 2.60. The summed E-state index contributed by atoms with van der Waals surface area (Å²) in [6, 6.07) is 1.93. The Morgan fingerprint density at radius 2 is 1.86 bits per heavy atom. The smallest absolute Gasteiger partial charge is 0.416 e. The molecule has 0 radical (unpaired) electrons. The summed E-state index contributed by atoms with van der Waals surface area (Å²) in [5, 5.41) is -0.157. The highest BCUT2D eigenvalue weighted by molar-refractivity contribution is 6.31. The Morgan fingerprint density at radius 1 is 1.21 bits per heavy atom. The number of nitrogens with zero attached hydrogens (tertiary/aromatic N) is 1. The number of amides is 1. The molecule has 160 valence electrons. The van der Waals surface area contributed by atoms with Crippen LogP contribution in [-0.2, 0) is 22.1 Å². The van der Waals surface area contributed by atoms with Crippen molar-refractivity contribution in [2.75, 3.05) is 20.2 Å². The van der Waals surface area contributed by atoms with Crippen molar-refractivity contribution < 1.29 is 32.2 Å². The van der Waals surface area contributed by atoms with Gasteiger partial charge in [-0.1, -0.05) is 23.3 Å². The molecule has 0 aliphatic carbocycles. The van der Waals surface area contributed by atoms with Crippen LogP contribution < -0.4 is 0 Å². The molecule has 0 N–H and O–H groups in total. The SMILES string of the molecule is COC(=O)c1cc(Cl)c(CC2=CCN(C(=O)OC(C)(C)C)CC2)c(C(F)(F)F)c1. The van der Waals surface area contributed by atoms with Gasteiger partial charge in [0.1, 0.15) is 5.60 Å². The van der Waals surface area contributed by atoms with E-state index < -0.39 is 29.4 Å². The van der Waals surface area contributed by atoms with E-state index in [0.717, 1.165) is 18.7 Å². The first kappa shape index (κ1) is 23.1. The topological polar surface area (TPSA) is 55.8 Å². The van der Waals surface area contributed by atoms with E-state index in [4.69, 9.17) is 16.3 Å². The molecule has 1 aliphatic heterocycles. The third-order valence-electron chi connectivity index (χ3n) is 4.28. The maximum Gasteiger partial charge on any atom is 0.416 e. The first-order valence-electron chi connectivity index (χ1n) is 8.95. The third kappa shape index (κ3) is 6.13. The van der Waals surface area contributed by atoms with Crippen LogP contribution in [-0.4, -0.2) is 42.8 Å². The first-order valence-corrected chi connectivity index (χ1v) is 9.33. The summed E-state index contributed by atoms with van der Waals surface area (Å²) in [5.74, 6) is -0.895. The van der Waals surface area contributed by atoms with Gasteiger partial charge in [-0.15, -0.1) is 0 Å². The number of hydrogen-bond acceptors (Lipinski definition) is 4. The maximum atomic E-state index is 13.6. The summed E-state index contributed by atoms with van der Waals surface area (Å²) < 4.78 is 50.5. The van der Waals surface area contributed by atoms with E-state index in [1.165, 1.54) is 11.0 Å². The molecule has 1 aliphatic rings. The normalized spacial score (nSPS) is 15.0. The molecule has 29 heavy (non-hydrogen) atoms. The first-order chi connectivity index (χ1) is 13.3. The lowest BCUT2D eigenvalue weighted by atomic mass is 9.94. The highest BCUT2D eigenvalue weighted by atomic mass is 35.5. The molecular formula is C20H23ClF3NO4. The molecule has 2 rings (SSSR count). The van der Waals surface area contributed by atoms with Crippen LogP contribution in [0.15, 0.2) is 23.8 Å². The second-order valence-corrected chi connectivity index (χ2v) is 8.10. The van der Waals surface area contributed by atoms with Crippen molar-refractivity contribution in [1.82, 2.24) is 4.90 Å².